The van der Waals surface area contributed by atoms with Crippen LogP contribution in [0.1, 0.15) is 19.8 Å². The van der Waals surface area contributed by atoms with Gasteiger partial charge < -0.3 is 10.2 Å². The maximum absolute atomic E-state index is 9.59. The zero-order valence-electron chi connectivity index (χ0n) is 7.09. The standard InChI is InChI=1S/C10H12O2/c1-2-3-4-5-10(12)6-9(7-10)8-11/h9,11-12H,6-8H2,1H3. The van der Waals surface area contributed by atoms with Gasteiger partial charge in [0.1, 0.15) is 5.60 Å². The molecular weight excluding hydrogens is 152 g/mol. The molecule has 1 saturated carbocycles. The molecule has 0 aliphatic heterocycles. The zero-order chi connectivity index (χ0) is 9.03. The quantitative estimate of drug-likeness (QED) is 0.541. The Balaban J connectivity index is 2.44. The van der Waals surface area contributed by atoms with E-state index in [4.69, 9.17) is 5.11 Å². The third-order valence-corrected chi connectivity index (χ3v) is 1.99. The molecule has 0 amide bonds. The van der Waals surface area contributed by atoms with Gasteiger partial charge in [-0.1, -0.05) is 11.8 Å². The molecule has 0 atom stereocenters. The van der Waals surface area contributed by atoms with Crippen LogP contribution in [0.3, 0.4) is 0 Å². The van der Waals surface area contributed by atoms with Crippen molar-refractivity contribution in [3.8, 4) is 23.7 Å². The molecule has 0 bridgehead atoms. The van der Waals surface area contributed by atoms with E-state index in [2.05, 4.69) is 23.7 Å². The Kier molecular flexibility index (Phi) is 2.76. The minimum atomic E-state index is -0.878. The Hall–Kier alpha value is -0.960. The van der Waals surface area contributed by atoms with Crippen LogP contribution in [0.25, 0.3) is 0 Å². The first kappa shape index (κ1) is 9.13. The molecule has 0 spiro atoms. The van der Waals surface area contributed by atoms with E-state index in [-0.39, 0.29) is 12.5 Å². The minimum absolute atomic E-state index is 0.142. The average Bonchev–Trinajstić information content (AvgIpc) is 2.00. The lowest BCUT2D eigenvalue weighted by Gasteiger charge is -2.38. The third kappa shape index (κ3) is 2.01. The monoisotopic (exact) mass is 164 g/mol. The Labute approximate surface area is 72.6 Å². The van der Waals surface area contributed by atoms with Crippen LogP contribution in [0.15, 0.2) is 0 Å². The summed E-state index contributed by atoms with van der Waals surface area (Å²) in [6.45, 7) is 1.85. The molecule has 12 heavy (non-hydrogen) atoms. The second kappa shape index (κ2) is 3.63. The van der Waals surface area contributed by atoms with Gasteiger partial charge in [-0.15, -0.1) is 0 Å². The van der Waals surface area contributed by atoms with E-state index in [1.54, 1.807) is 6.92 Å². The molecule has 1 aliphatic carbocycles. The highest BCUT2D eigenvalue weighted by atomic mass is 16.3. The van der Waals surface area contributed by atoms with Crippen molar-refractivity contribution in [2.75, 3.05) is 6.61 Å². The molecule has 64 valence electrons. The highest BCUT2D eigenvalue weighted by molar-refractivity contribution is 5.31. The van der Waals surface area contributed by atoms with Crippen LogP contribution in [0.4, 0.5) is 0 Å². The highest BCUT2D eigenvalue weighted by Crippen LogP contribution is 2.36. The molecule has 1 aliphatic rings. The van der Waals surface area contributed by atoms with E-state index >= 15 is 0 Å². The van der Waals surface area contributed by atoms with Crippen LogP contribution in [0.5, 0.6) is 0 Å². The topological polar surface area (TPSA) is 40.5 Å². The van der Waals surface area contributed by atoms with E-state index in [0.717, 1.165) is 0 Å². The van der Waals surface area contributed by atoms with Gasteiger partial charge in [0.15, 0.2) is 0 Å². The van der Waals surface area contributed by atoms with Crippen LogP contribution in [0, 0.1) is 29.6 Å². The molecular formula is C10H12O2. The van der Waals surface area contributed by atoms with Gasteiger partial charge in [0.2, 0.25) is 0 Å². The molecule has 0 aromatic heterocycles. The van der Waals surface area contributed by atoms with Gasteiger partial charge >= 0.3 is 0 Å². The largest absolute Gasteiger partial charge is 0.396 e. The van der Waals surface area contributed by atoms with Crippen molar-refractivity contribution in [2.45, 2.75) is 25.4 Å². The summed E-state index contributed by atoms with van der Waals surface area (Å²) < 4.78 is 0. The minimum Gasteiger partial charge on any atom is -0.396 e. The van der Waals surface area contributed by atoms with E-state index in [9.17, 15) is 5.11 Å². The SMILES string of the molecule is CC#CC#CC1(O)CC(CO)C1. The van der Waals surface area contributed by atoms with Crippen molar-refractivity contribution in [3.05, 3.63) is 0 Å². The Bertz CT molecular complexity index is 266. The maximum Gasteiger partial charge on any atom is 0.127 e. The van der Waals surface area contributed by atoms with Gasteiger partial charge in [0.25, 0.3) is 0 Å². The van der Waals surface area contributed by atoms with Crippen LogP contribution < -0.4 is 0 Å². The van der Waals surface area contributed by atoms with E-state index in [1.807, 2.05) is 0 Å². The summed E-state index contributed by atoms with van der Waals surface area (Å²) in [6.07, 6.45) is 1.14. The van der Waals surface area contributed by atoms with Crippen LogP contribution in [-0.2, 0) is 0 Å². The molecule has 2 N–H and O–H groups in total. The summed E-state index contributed by atoms with van der Waals surface area (Å²) in [7, 11) is 0. The lowest BCUT2D eigenvalue weighted by atomic mass is 9.72. The molecule has 2 nitrogen and oxygen atoms in total. The smallest absolute Gasteiger partial charge is 0.127 e. The van der Waals surface area contributed by atoms with Gasteiger partial charge in [-0.2, -0.15) is 0 Å². The molecule has 1 fully saturated rings. The van der Waals surface area contributed by atoms with Gasteiger partial charge in [-0.05, 0) is 37.5 Å². The molecule has 0 radical (unpaired) electrons. The summed E-state index contributed by atoms with van der Waals surface area (Å²) in [5.74, 6) is 10.7. The summed E-state index contributed by atoms with van der Waals surface area (Å²) in [5, 5.41) is 18.3. The van der Waals surface area contributed by atoms with Gasteiger partial charge in [0.05, 0.1) is 0 Å². The predicted molar refractivity (Wildman–Crippen MR) is 46.0 cm³/mol. The van der Waals surface area contributed by atoms with Crippen molar-refractivity contribution < 1.29 is 10.2 Å². The normalized spacial score (nSPS) is 32.1. The first-order valence-electron chi connectivity index (χ1n) is 3.97. The highest BCUT2D eigenvalue weighted by Gasteiger charge is 2.40. The van der Waals surface area contributed by atoms with Crippen molar-refractivity contribution >= 4 is 0 Å². The Morgan fingerprint density at radius 1 is 1.42 bits per heavy atom. The number of rotatable bonds is 1. The molecule has 0 saturated heterocycles. The second-order valence-electron chi connectivity index (χ2n) is 3.11. The van der Waals surface area contributed by atoms with Crippen molar-refractivity contribution in [2.24, 2.45) is 5.92 Å². The number of hydrogen-bond donors (Lipinski definition) is 2. The zero-order valence-corrected chi connectivity index (χ0v) is 7.09. The molecule has 0 aromatic rings. The molecule has 1 rings (SSSR count). The summed E-state index contributed by atoms with van der Waals surface area (Å²) in [6, 6.07) is 0. The van der Waals surface area contributed by atoms with E-state index in [0.29, 0.717) is 12.8 Å². The first-order chi connectivity index (χ1) is 5.70. The maximum atomic E-state index is 9.59. The number of hydrogen-bond acceptors (Lipinski definition) is 2. The summed E-state index contributed by atoms with van der Waals surface area (Å²) in [5.41, 5.74) is -0.878. The van der Waals surface area contributed by atoms with Crippen LogP contribution >= 0.6 is 0 Å². The second-order valence-corrected chi connectivity index (χ2v) is 3.11. The lowest BCUT2D eigenvalue weighted by Crippen LogP contribution is -2.43. The Morgan fingerprint density at radius 2 is 2.08 bits per heavy atom. The third-order valence-electron chi connectivity index (χ3n) is 1.99. The molecule has 0 heterocycles. The summed E-state index contributed by atoms with van der Waals surface area (Å²) >= 11 is 0. The summed E-state index contributed by atoms with van der Waals surface area (Å²) in [4.78, 5) is 0. The fourth-order valence-electron chi connectivity index (χ4n) is 1.34. The first-order valence-corrected chi connectivity index (χ1v) is 3.97. The van der Waals surface area contributed by atoms with E-state index in [1.165, 1.54) is 0 Å². The average molecular weight is 164 g/mol. The Morgan fingerprint density at radius 3 is 2.58 bits per heavy atom. The lowest BCUT2D eigenvalue weighted by molar-refractivity contribution is -0.0409. The van der Waals surface area contributed by atoms with Crippen LogP contribution in [-0.4, -0.2) is 22.4 Å². The fraction of sp³-hybridized carbons (Fsp3) is 0.600. The van der Waals surface area contributed by atoms with Gasteiger partial charge in [0, 0.05) is 6.61 Å². The van der Waals surface area contributed by atoms with Gasteiger partial charge in [-0.3, -0.25) is 0 Å². The van der Waals surface area contributed by atoms with Crippen LogP contribution in [0.2, 0.25) is 0 Å². The molecule has 2 heteroatoms. The number of aliphatic hydroxyl groups is 2. The van der Waals surface area contributed by atoms with E-state index < -0.39 is 5.60 Å². The van der Waals surface area contributed by atoms with Gasteiger partial charge in [-0.25, -0.2) is 0 Å². The molecule has 0 aromatic carbocycles. The predicted octanol–water partition coefficient (Wildman–Crippen LogP) is 0.147. The molecule has 0 unspecified atom stereocenters. The van der Waals surface area contributed by atoms with Crippen molar-refractivity contribution in [3.63, 3.8) is 0 Å². The number of aliphatic hydroxyl groups excluding tert-OH is 1. The van der Waals surface area contributed by atoms with Crippen molar-refractivity contribution in [1.82, 2.24) is 0 Å². The fourth-order valence-corrected chi connectivity index (χ4v) is 1.34. The van der Waals surface area contributed by atoms with Crippen molar-refractivity contribution in [1.29, 1.82) is 0 Å².